The summed E-state index contributed by atoms with van der Waals surface area (Å²) in [5, 5.41) is 0. The molecular formula is C23H40O2. The van der Waals surface area contributed by atoms with E-state index < -0.39 is 0 Å². The zero-order valence-corrected chi connectivity index (χ0v) is 16.7. The molecule has 0 heterocycles. The summed E-state index contributed by atoms with van der Waals surface area (Å²) >= 11 is 0. The molecule has 0 aliphatic carbocycles. The van der Waals surface area contributed by atoms with E-state index in [9.17, 15) is 4.79 Å². The number of esters is 1. The largest absolute Gasteiger partial charge is 0.462 e. The van der Waals surface area contributed by atoms with Gasteiger partial charge in [0.25, 0.3) is 0 Å². The van der Waals surface area contributed by atoms with Gasteiger partial charge >= 0.3 is 5.97 Å². The lowest BCUT2D eigenvalue weighted by Crippen LogP contribution is -2.02. The molecule has 144 valence electrons. The number of carbonyl (C=O) groups is 1. The van der Waals surface area contributed by atoms with Crippen LogP contribution in [0.4, 0.5) is 0 Å². The van der Waals surface area contributed by atoms with Gasteiger partial charge in [-0.15, -0.1) is 6.58 Å². The van der Waals surface area contributed by atoms with Gasteiger partial charge in [-0.1, -0.05) is 94.9 Å². The zero-order chi connectivity index (χ0) is 18.6. The third kappa shape index (κ3) is 20.6. The lowest BCUT2D eigenvalue weighted by molar-refractivity contribution is -0.137. The molecule has 0 aliphatic heterocycles. The first-order valence-corrected chi connectivity index (χ1v) is 10.3. The number of allylic oxidation sites excluding steroid dienone is 3. The van der Waals surface area contributed by atoms with Crippen molar-refractivity contribution in [1.29, 1.82) is 0 Å². The van der Waals surface area contributed by atoms with Crippen LogP contribution in [0.15, 0.2) is 36.5 Å². The zero-order valence-electron chi connectivity index (χ0n) is 16.7. The Kier molecular flexibility index (Phi) is 18.0. The van der Waals surface area contributed by atoms with Crippen LogP contribution >= 0.6 is 0 Å². The molecule has 0 aliphatic rings. The SMILES string of the molecule is C=C(C)CCOC(=O)C=CC=CCCCCCCCCCCCCC. The third-order valence-electron chi connectivity index (χ3n) is 4.23. The van der Waals surface area contributed by atoms with Crippen molar-refractivity contribution < 1.29 is 9.53 Å². The van der Waals surface area contributed by atoms with Crippen molar-refractivity contribution in [2.75, 3.05) is 6.61 Å². The van der Waals surface area contributed by atoms with Crippen LogP contribution in [0.3, 0.4) is 0 Å². The van der Waals surface area contributed by atoms with Crippen LogP contribution in [0, 0.1) is 0 Å². The molecule has 0 saturated carbocycles. The molecule has 0 fully saturated rings. The van der Waals surface area contributed by atoms with Crippen molar-refractivity contribution in [3.63, 3.8) is 0 Å². The normalized spacial score (nSPS) is 11.4. The van der Waals surface area contributed by atoms with Crippen molar-refractivity contribution in [2.45, 2.75) is 97.3 Å². The molecule has 0 aromatic rings. The highest BCUT2D eigenvalue weighted by molar-refractivity contribution is 5.82. The molecule has 0 spiro atoms. The lowest BCUT2D eigenvalue weighted by Gasteiger charge is -2.01. The predicted molar refractivity (Wildman–Crippen MR) is 110 cm³/mol. The smallest absolute Gasteiger partial charge is 0.330 e. The second-order valence-electron chi connectivity index (χ2n) is 6.99. The fraction of sp³-hybridized carbons (Fsp3) is 0.696. The Morgan fingerprint density at radius 1 is 0.880 bits per heavy atom. The Bertz CT molecular complexity index is 380. The highest BCUT2D eigenvalue weighted by Crippen LogP contribution is 2.12. The molecule has 0 aromatic carbocycles. The summed E-state index contributed by atoms with van der Waals surface area (Å²) in [6.07, 6.45) is 24.2. The monoisotopic (exact) mass is 348 g/mol. The van der Waals surface area contributed by atoms with Crippen LogP contribution in [0.1, 0.15) is 97.3 Å². The number of rotatable bonds is 17. The Morgan fingerprint density at radius 3 is 2.00 bits per heavy atom. The van der Waals surface area contributed by atoms with E-state index in [1.165, 1.54) is 76.7 Å². The van der Waals surface area contributed by atoms with Gasteiger partial charge in [0.1, 0.15) is 0 Å². The number of unbranched alkanes of at least 4 members (excludes halogenated alkanes) is 11. The Morgan fingerprint density at radius 2 is 1.44 bits per heavy atom. The maximum Gasteiger partial charge on any atom is 0.330 e. The van der Waals surface area contributed by atoms with Gasteiger partial charge in [0.2, 0.25) is 0 Å². The van der Waals surface area contributed by atoms with Crippen LogP contribution < -0.4 is 0 Å². The molecule has 0 N–H and O–H groups in total. The van der Waals surface area contributed by atoms with E-state index in [-0.39, 0.29) is 5.97 Å². The summed E-state index contributed by atoms with van der Waals surface area (Å²) < 4.78 is 5.05. The molecule has 0 radical (unpaired) electrons. The van der Waals surface area contributed by atoms with Gasteiger partial charge in [0, 0.05) is 12.5 Å². The van der Waals surface area contributed by atoms with Gasteiger partial charge in [-0.05, 0) is 19.8 Å². The second-order valence-corrected chi connectivity index (χ2v) is 6.99. The highest BCUT2D eigenvalue weighted by Gasteiger charge is 1.95. The second kappa shape index (κ2) is 19.0. The maximum atomic E-state index is 11.4. The summed E-state index contributed by atoms with van der Waals surface area (Å²) in [4.78, 5) is 11.4. The average Bonchev–Trinajstić information content (AvgIpc) is 2.58. The molecule has 0 saturated heterocycles. The first-order valence-electron chi connectivity index (χ1n) is 10.3. The summed E-state index contributed by atoms with van der Waals surface area (Å²) in [6.45, 7) is 8.40. The Balaban J connectivity index is 3.33. The fourth-order valence-corrected chi connectivity index (χ4v) is 2.61. The van der Waals surface area contributed by atoms with Gasteiger partial charge in [-0.25, -0.2) is 4.79 Å². The van der Waals surface area contributed by atoms with E-state index in [0.29, 0.717) is 6.61 Å². The van der Waals surface area contributed by atoms with Crippen molar-refractivity contribution in [1.82, 2.24) is 0 Å². The van der Waals surface area contributed by atoms with Gasteiger partial charge in [0.05, 0.1) is 6.61 Å². The Hall–Kier alpha value is -1.31. The number of hydrogen-bond donors (Lipinski definition) is 0. The minimum absolute atomic E-state index is 0.277. The molecule has 2 heteroatoms. The van der Waals surface area contributed by atoms with Gasteiger partial charge < -0.3 is 4.74 Å². The standard InChI is InChI=1S/C23H40O2/c1-4-5-6-7-8-9-10-11-12-13-14-15-16-17-18-19-23(24)25-21-20-22(2)3/h16-19H,2,4-15,20-21H2,1,3H3. The van der Waals surface area contributed by atoms with Gasteiger partial charge in [0.15, 0.2) is 0 Å². The van der Waals surface area contributed by atoms with Crippen molar-refractivity contribution in [2.24, 2.45) is 0 Å². The quantitative estimate of drug-likeness (QED) is 0.0905. The molecular weight excluding hydrogens is 308 g/mol. The minimum atomic E-state index is -0.277. The summed E-state index contributed by atoms with van der Waals surface area (Å²) in [5.41, 5.74) is 1.03. The first-order chi connectivity index (χ1) is 12.2. The average molecular weight is 349 g/mol. The maximum absolute atomic E-state index is 11.4. The molecule has 0 amide bonds. The van der Waals surface area contributed by atoms with E-state index in [0.717, 1.165) is 18.4 Å². The van der Waals surface area contributed by atoms with Crippen LogP contribution in [-0.2, 0) is 9.53 Å². The molecule has 0 unspecified atom stereocenters. The minimum Gasteiger partial charge on any atom is -0.462 e. The summed E-state index contributed by atoms with van der Waals surface area (Å²) in [5.74, 6) is -0.277. The predicted octanol–water partition coefficient (Wildman–Crippen LogP) is 7.31. The third-order valence-corrected chi connectivity index (χ3v) is 4.23. The van der Waals surface area contributed by atoms with Crippen molar-refractivity contribution >= 4 is 5.97 Å². The molecule has 0 aromatic heterocycles. The molecule has 0 rings (SSSR count). The molecule has 0 bridgehead atoms. The van der Waals surface area contributed by atoms with E-state index in [1.807, 2.05) is 13.0 Å². The van der Waals surface area contributed by atoms with Crippen molar-refractivity contribution in [3.05, 3.63) is 36.5 Å². The van der Waals surface area contributed by atoms with Crippen LogP contribution in [0.25, 0.3) is 0 Å². The van der Waals surface area contributed by atoms with E-state index in [1.54, 1.807) is 6.08 Å². The van der Waals surface area contributed by atoms with Crippen LogP contribution in [-0.4, -0.2) is 12.6 Å². The number of ether oxygens (including phenoxy) is 1. The summed E-state index contributed by atoms with van der Waals surface area (Å²) in [6, 6.07) is 0. The fourth-order valence-electron chi connectivity index (χ4n) is 2.61. The lowest BCUT2D eigenvalue weighted by atomic mass is 10.1. The highest BCUT2D eigenvalue weighted by atomic mass is 16.5. The molecule has 25 heavy (non-hydrogen) atoms. The van der Waals surface area contributed by atoms with E-state index >= 15 is 0 Å². The molecule has 2 nitrogen and oxygen atoms in total. The summed E-state index contributed by atoms with van der Waals surface area (Å²) in [7, 11) is 0. The van der Waals surface area contributed by atoms with E-state index in [4.69, 9.17) is 4.74 Å². The van der Waals surface area contributed by atoms with Crippen LogP contribution in [0.2, 0.25) is 0 Å². The van der Waals surface area contributed by atoms with E-state index in [2.05, 4.69) is 19.6 Å². The van der Waals surface area contributed by atoms with Gasteiger partial charge in [-0.3, -0.25) is 0 Å². The Labute approximate surface area is 156 Å². The van der Waals surface area contributed by atoms with Crippen LogP contribution in [0.5, 0.6) is 0 Å². The number of carbonyl (C=O) groups excluding carboxylic acids is 1. The van der Waals surface area contributed by atoms with Gasteiger partial charge in [-0.2, -0.15) is 0 Å². The first kappa shape index (κ1) is 23.7. The molecule has 0 atom stereocenters. The topological polar surface area (TPSA) is 26.3 Å². The van der Waals surface area contributed by atoms with Crippen molar-refractivity contribution in [3.8, 4) is 0 Å². The number of hydrogen-bond acceptors (Lipinski definition) is 2.